The van der Waals surface area contributed by atoms with E-state index in [0.29, 0.717) is 36.9 Å². The van der Waals surface area contributed by atoms with Crippen molar-refractivity contribution in [3.63, 3.8) is 0 Å². The second kappa shape index (κ2) is 9.52. The minimum Gasteiger partial charge on any atom is -0.492 e. The van der Waals surface area contributed by atoms with E-state index < -0.39 is 23.6 Å². The molecule has 2 heterocycles. The van der Waals surface area contributed by atoms with Crippen LogP contribution in [0.3, 0.4) is 0 Å². The number of anilines is 1. The van der Waals surface area contributed by atoms with Crippen LogP contribution in [-0.2, 0) is 4.74 Å². The van der Waals surface area contributed by atoms with E-state index >= 15 is 0 Å². The molecule has 170 valence electrons. The summed E-state index contributed by atoms with van der Waals surface area (Å²) in [6.45, 7) is 2.58. The molecule has 2 aromatic rings. The predicted molar refractivity (Wildman–Crippen MR) is 114 cm³/mol. The first-order valence-electron chi connectivity index (χ1n) is 10.5. The fourth-order valence-corrected chi connectivity index (χ4v) is 4.07. The predicted octanol–water partition coefficient (Wildman–Crippen LogP) is 3.72. The lowest BCUT2D eigenvalue weighted by atomic mass is 9.97. The van der Waals surface area contributed by atoms with Crippen molar-refractivity contribution in [2.45, 2.75) is 18.9 Å². The van der Waals surface area contributed by atoms with Crippen molar-refractivity contribution in [2.75, 3.05) is 38.7 Å². The number of benzene rings is 2. The molecule has 1 saturated heterocycles. The summed E-state index contributed by atoms with van der Waals surface area (Å²) >= 11 is 0. The molecule has 0 aliphatic carbocycles. The molecule has 2 N–H and O–H groups in total. The number of ether oxygens (including phenoxy) is 2. The van der Waals surface area contributed by atoms with Crippen LogP contribution in [0.15, 0.2) is 36.4 Å². The highest BCUT2D eigenvalue weighted by Gasteiger charge is 2.28. The molecule has 9 heteroatoms. The summed E-state index contributed by atoms with van der Waals surface area (Å²) in [4.78, 5) is 27.3. The normalized spacial score (nSPS) is 20.2. The van der Waals surface area contributed by atoms with Crippen LogP contribution in [0, 0.1) is 17.6 Å². The van der Waals surface area contributed by atoms with Crippen molar-refractivity contribution in [2.24, 2.45) is 5.92 Å². The number of nitrogens with zero attached hydrogens (tertiary/aromatic N) is 1. The summed E-state index contributed by atoms with van der Waals surface area (Å²) in [7, 11) is 2.04. The minimum absolute atomic E-state index is 0.123. The number of carbonyl (C=O) groups excluding carboxylic acids is 2. The maximum atomic E-state index is 13.5. The molecule has 0 spiro atoms. The smallest absolute Gasteiger partial charge is 0.407 e. The molecule has 0 saturated carbocycles. The molecule has 2 aliphatic rings. The third kappa shape index (κ3) is 4.99. The van der Waals surface area contributed by atoms with E-state index in [-0.39, 0.29) is 17.3 Å². The Morgan fingerprint density at radius 2 is 2.03 bits per heavy atom. The second-order valence-corrected chi connectivity index (χ2v) is 8.16. The van der Waals surface area contributed by atoms with E-state index in [4.69, 9.17) is 9.47 Å². The fourth-order valence-electron chi connectivity index (χ4n) is 4.07. The standard InChI is InChI=1S/C23H25F2N3O4/c1-28-9-7-14(12-28)13-32-23(30)27-20-8-10-31-21-16(20)3-2-4-17(21)22(29)26-15-5-6-18(24)19(25)11-15/h2-6,11,14,20H,7-10,12-13H2,1H3,(H,26,29)(H,27,30)/t14?,20-/m0/s1. The van der Waals surface area contributed by atoms with Crippen molar-refractivity contribution in [3.8, 4) is 5.75 Å². The lowest BCUT2D eigenvalue weighted by molar-refractivity contribution is 0.102. The van der Waals surface area contributed by atoms with Crippen LogP contribution in [0.4, 0.5) is 19.3 Å². The average Bonchev–Trinajstić information content (AvgIpc) is 3.20. The molecule has 32 heavy (non-hydrogen) atoms. The minimum atomic E-state index is -1.05. The van der Waals surface area contributed by atoms with Crippen LogP contribution in [-0.4, -0.2) is 50.3 Å². The summed E-state index contributed by atoms with van der Waals surface area (Å²) in [5.74, 6) is -1.90. The maximum absolute atomic E-state index is 13.5. The van der Waals surface area contributed by atoms with Crippen molar-refractivity contribution in [3.05, 3.63) is 59.2 Å². The van der Waals surface area contributed by atoms with Crippen molar-refractivity contribution < 1.29 is 27.8 Å². The highest BCUT2D eigenvalue weighted by molar-refractivity contribution is 6.06. The summed E-state index contributed by atoms with van der Waals surface area (Å²) < 4.78 is 37.7. The largest absolute Gasteiger partial charge is 0.492 e. The number of likely N-dealkylation sites (tertiary alicyclic amines) is 1. The van der Waals surface area contributed by atoms with Gasteiger partial charge in [0.25, 0.3) is 5.91 Å². The fraction of sp³-hybridized carbons (Fsp3) is 0.391. The number of amides is 2. The van der Waals surface area contributed by atoms with Gasteiger partial charge in [-0.15, -0.1) is 0 Å². The van der Waals surface area contributed by atoms with Gasteiger partial charge in [-0.05, 0) is 38.2 Å². The molecule has 7 nitrogen and oxygen atoms in total. The molecule has 2 aliphatic heterocycles. The first-order chi connectivity index (χ1) is 15.4. The van der Waals surface area contributed by atoms with Crippen LogP contribution in [0.5, 0.6) is 5.75 Å². The van der Waals surface area contributed by atoms with Gasteiger partial charge < -0.3 is 25.0 Å². The van der Waals surface area contributed by atoms with E-state index in [1.54, 1.807) is 18.2 Å². The molecular weight excluding hydrogens is 420 g/mol. The first kappa shape index (κ1) is 22.0. The zero-order valence-electron chi connectivity index (χ0n) is 17.7. The van der Waals surface area contributed by atoms with Gasteiger partial charge in [-0.2, -0.15) is 0 Å². The van der Waals surface area contributed by atoms with E-state index in [2.05, 4.69) is 15.5 Å². The Morgan fingerprint density at radius 1 is 1.19 bits per heavy atom. The highest BCUT2D eigenvalue weighted by atomic mass is 19.2. The Hall–Kier alpha value is -3.20. The second-order valence-electron chi connectivity index (χ2n) is 8.16. The van der Waals surface area contributed by atoms with E-state index in [9.17, 15) is 18.4 Å². The summed E-state index contributed by atoms with van der Waals surface area (Å²) in [5.41, 5.74) is 1.02. The Balaban J connectivity index is 1.43. The number of hydrogen-bond donors (Lipinski definition) is 2. The molecule has 2 atom stereocenters. The lowest BCUT2D eigenvalue weighted by Crippen LogP contribution is -2.34. The Kier molecular flexibility index (Phi) is 6.55. The van der Waals surface area contributed by atoms with Crippen LogP contribution in [0.2, 0.25) is 0 Å². The van der Waals surface area contributed by atoms with E-state index in [0.717, 1.165) is 31.6 Å². The molecular formula is C23H25F2N3O4. The van der Waals surface area contributed by atoms with Gasteiger partial charge in [0, 0.05) is 36.2 Å². The van der Waals surface area contributed by atoms with Crippen LogP contribution in [0.25, 0.3) is 0 Å². The third-order valence-electron chi connectivity index (χ3n) is 5.73. The number of nitrogens with one attached hydrogen (secondary N) is 2. The van der Waals surface area contributed by atoms with Gasteiger partial charge in [0.05, 0.1) is 24.8 Å². The van der Waals surface area contributed by atoms with Crippen LogP contribution >= 0.6 is 0 Å². The number of rotatable bonds is 5. The SMILES string of the molecule is CN1CCC(COC(=O)N[C@H]2CCOc3c(C(=O)Nc4ccc(F)c(F)c4)cccc32)C1. The van der Waals surface area contributed by atoms with Crippen molar-refractivity contribution in [1.82, 2.24) is 10.2 Å². The number of para-hydroxylation sites is 1. The number of halogens is 2. The van der Waals surface area contributed by atoms with Gasteiger partial charge in [-0.25, -0.2) is 13.6 Å². The molecule has 0 radical (unpaired) electrons. The first-order valence-corrected chi connectivity index (χ1v) is 10.5. The summed E-state index contributed by atoms with van der Waals surface area (Å²) in [6, 6.07) is 7.79. The molecule has 0 aromatic heterocycles. The number of hydrogen-bond acceptors (Lipinski definition) is 5. The quantitative estimate of drug-likeness (QED) is 0.734. The highest BCUT2D eigenvalue weighted by Crippen LogP contribution is 2.35. The van der Waals surface area contributed by atoms with Crippen LogP contribution in [0.1, 0.15) is 34.8 Å². The zero-order chi connectivity index (χ0) is 22.7. The van der Waals surface area contributed by atoms with Gasteiger partial charge in [-0.1, -0.05) is 12.1 Å². The lowest BCUT2D eigenvalue weighted by Gasteiger charge is -2.28. The summed E-state index contributed by atoms with van der Waals surface area (Å²) in [5, 5.41) is 5.41. The Bertz CT molecular complexity index is 1020. The topological polar surface area (TPSA) is 79.9 Å². The monoisotopic (exact) mass is 445 g/mol. The number of carbonyl (C=O) groups is 2. The van der Waals surface area contributed by atoms with Gasteiger partial charge in [0.2, 0.25) is 0 Å². The molecule has 2 amide bonds. The molecule has 0 bridgehead atoms. The van der Waals surface area contributed by atoms with Gasteiger partial charge in [0.15, 0.2) is 11.6 Å². The molecule has 2 aromatic carbocycles. The molecule has 1 fully saturated rings. The van der Waals surface area contributed by atoms with Gasteiger partial charge in [-0.3, -0.25) is 4.79 Å². The zero-order valence-corrected chi connectivity index (χ0v) is 17.7. The van der Waals surface area contributed by atoms with E-state index in [1.165, 1.54) is 6.07 Å². The summed E-state index contributed by atoms with van der Waals surface area (Å²) in [6.07, 6.45) is 1.03. The Labute approximate surface area is 184 Å². The van der Waals surface area contributed by atoms with Crippen molar-refractivity contribution >= 4 is 17.7 Å². The van der Waals surface area contributed by atoms with Gasteiger partial charge >= 0.3 is 6.09 Å². The average molecular weight is 445 g/mol. The molecule has 1 unspecified atom stereocenters. The van der Waals surface area contributed by atoms with Crippen molar-refractivity contribution in [1.29, 1.82) is 0 Å². The van der Waals surface area contributed by atoms with E-state index in [1.807, 2.05) is 7.05 Å². The Morgan fingerprint density at radius 3 is 2.78 bits per heavy atom. The number of alkyl carbamates (subject to hydrolysis) is 1. The van der Waals surface area contributed by atoms with Crippen LogP contribution < -0.4 is 15.4 Å². The number of fused-ring (bicyclic) bond motifs is 1. The van der Waals surface area contributed by atoms with Gasteiger partial charge in [0.1, 0.15) is 5.75 Å². The molecule has 4 rings (SSSR count). The third-order valence-corrected chi connectivity index (χ3v) is 5.73. The maximum Gasteiger partial charge on any atom is 0.407 e.